The fraction of sp³-hybridized carbons (Fsp3) is 0.391. The lowest BCUT2D eigenvalue weighted by Gasteiger charge is -2.31. The molecule has 5 nitrogen and oxygen atoms in total. The van der Waals surface area contributed by atoms with E-state index in [1.54, 1.807) is 36.4 Å². The standard InChI is InChI=1S/C23H28ClFN2O3/c1-4-16(3)26-23(29)21(5-2)27(14-17-9-11-19(25)12-10-17)22(28)15-30-20-8-6-7-18(24)13-20/h6-13,16,21H,4-5,14-15H2,1-3H3,(H,26,29)/t16-,21-/m1/s1. The Morgan fingerprint density at radius 1 is 1.13 bits per heavy atom. The predicted molar refractivity (Wildman–Crippen MR) is 116 cm³/mol. The zero-order valence-corrected chi connectivity index (χ0v) is 18.3. The number of amides is 2. The molecule has 162 valence electrons. The fourth-order valence-corrected chi connectivity index (χ4v) is 3.11. The minimum Gasteiger partial charge on any atom is -0.484 e. The molecule has 0 radical (unpaired) electrons. The van der Waals surface area contributed by atoms with Gasteiger partial charge in [0, 0.05) is 17.6 Å². The molecule has 2 rings (SSSR count). The summed E-state index contributed by atoms with van der Waals surface area (Å²) in [7, 11) is 0. The van der Waals surface area contributed by atoms with Crippen LogP contribution in [0.25, 0.3) is 0 Å². The first kappa shape index (κ1) is 23.7. The summed E-state index contributed by atoms with van der Waals surface area (Å²) in [5.74, 6) is -0.451. The van der Waals surface area contributed by atoms with E-state index in [2.05, 4.69) is 5.32 Å². The average molecular weight is 435 g/mol. The van der Waals surface area contributed by atoms with E-state index in [0.717, 1.165) is 12.0 Å². The van der Waals surface area contributed by atoms with Crippen molar-refractivity contribution in [1.29, 1.82) is 0 Å². The minimum absolute atomic E-state index is 0.00275. The first-order valence-corrected chi connectivity index (χ1v) is 10.4. The van der Waals surface area contributed by atoms with Crippen LogP contribution in [0.3, 0.4) is 0 Å². The quantitative estimate of drug-likeness (QED) is 0.595. The van der Waals surface area contributed by atoms with Crippen LogP contribution in [0.5, 0.6) is 5.75 Å². The molecule has 30 heavy (non-hydrogen) atoms. The van der Waals surface area contributed by atoms with Crippen molar-refractivity contribution in [1.82, 2.24) is 10.2 Å². The molecule has 0 aliphatic carbocycles. The van der Waals surface area contributed by atoms with Gasteiger partial charge in [0.25, 0.3) is 5.91 Å². The number of hydrogen-bond donors (Lipinski definition) is 1. The lowest BCUT2D eigenvalue weighted by atomic mass is 10.1. The van der Waals surface area contributed by atoms with Crippen LogP contribution >= 0.6 is 11.6 Å². The van der Waals surface area contributed by atoms with E-state index in [1.807, 2.05) is 20.8 Å². The second-order valence-corrected chi connectivity index (χ2v) is 7.57. The molecule has 0 aromatic heterocycles. The summed E-state index contributed by atoms with van der Waals surface area (Å²) >= 11 is 5.96. The third-order valence-corrected chi connectivity index (χ3v) is 5.05. The zero-order chi connectivity index (χ0) is 22.1. The Morgan fingerprint density at radius 3 is 2.43 bits per heavy atom. The highest BCUT2D eigenvalue weighted by atomic mass is 35.5. The molecule has 0 saturated carbocycles. The van der Waals surface area contributed by atoms with Crippen LogP contribution in [0.15, 0.2) is 48.5 Å². The molecule has 0 aliphatic heterocycles. The molecule has 0 spiro atoms. The third-order valence-electron chi connectivity index (χ3n) is 4.81. The van der Waals surface area contributed by atoms with Gasteiger partial charge in [-0.25, -0.2) is 4.39 Å². The molecular weight excluding hydrogens is 407 g/mol. The number of benzene rings is 2. The van der Waals surface area contributed by atoms with Crippen molar-refractivity contribution in [2.24, 2.45) is 0 Å². The first-order valence-electron chi connectivity index (χ1n) is 10.1. The van der Waals surface area contributed by atoms with E-state index < -0.39 is 6.04 Å². The normalized spacial score (nSPS) is 12.7. The van der Waals surface area contributed by atoms with Crippen LogP contribution < -0.4 is 10.1 Å². The SMILES string of the molecule is CC[C@@H](C)NC(=O)[C@@H](CC)N(Cc1ccc(F)cc1)C(=O)COc1cccc(Cl)c1. The first-order chi connectivity index (χ1) is 14.3. The van der Waals surface area contributed by atoms with E-state index in [0.29, 0.717) is 17.2 Å². The number of carbonyl (C=O) groups is 2. The van der Waals surface area contributed by atoms with Crippen LogP contribution in [0, 0.1) is 5.82 Å². The molecule has 0 aliphatic rings. The molecule has 2 atom stereocenters. The highest BCUT2D eigenvalue weighted by molar-refractivity contribution is 6.30. The Morgan fingerprint density at radius 2 is 1.83 bits per heavy atom. The fourth-order valence-electron chi connectivity index (χ4n) is 2.93. The van der Waals surface area contributed by atoms with Gasteiger partial charge in [-0.1, -0.05) is 43.6 Å². The van der Waals surface area contributed by atoms with Crippen molar-refractivity contribution < 1.29 is 18.7 Å². The number of ether oxygens (including phenoxy) is 1. The molecule has 0 bridgehead atoms. The minimum atomic E-state index is -0.667. The van der Waals surface area contributed by atoms with Gasteiger partial charge in [-0.2, -0.15) is 0 Å². The number of carbonyl (C=O) groups excluding carboxylic acids is 2. The van der Waals surface area contributed by atoms with Gasteiger partial charge in [0.2, 0.25) is 5.91 Å². The van der Waals surface area contributed by atoms with E-state index in [-0.39, 0.29) is 36.8 Å². The van der Waals surface area contributed by atoms with Crippen molar-refractivity contribution in [3.05, 3.63) is 64.9 Å². The van der Waals surface area contributed by atoms with E-state index in [4.69, 9.17) is 16.3 Å². The molecule has 2 aromatic rings. The number of rotatable bonds is 10. The Bertz CT molecular complexity index is 845. The lowest BCUT2D eigenvalue weighted by Crippen LogP contribution is -2.51. The van der Waals surface area contributed by atoms with Crippen LogP contribution in [-0.2, 0) is 16.1 Å². The smallest absolute Gasteiger partial charge is 0.261 e. The van der Waals surface area contributed by atoms with Crippen LogP contribution in [0.2, 0.25) is 5.02 Å². The second kappa shape index (κ2) is 11.6. The van der Waals surface area contributed by atoms with Gasteiger partial charge < -0.3 is 15.0 Å². The molecule has 0 unspecified atom stereocenters. The maximum absolute atomic E-state index is 13.3. The van der Waals surface area contributed by atoms with Crippen molar-refractivity contribution >= 4 is 23.4 Å². The molecule has 0 heterocycles. The second-order valence-electron chi connectivity index (χ2n) is 7.14. The van der Waals surface area contributed by atoms with Gasteiger partial charge in [0.15, 0.2) is 6.61 Å². The van der Waals surface area contributed by atoms with Crippen molar-refractivity contribution in [2.45, 2.75) is 52.2 Å². The lowest BCUT2D eigenvalue weighted by molar-refractivity contribution is -0.143. The summed E-state index contributed by atoms with van der Waals surface area (Å²) in [4.78, 5) is 27.4. The number of hydrogen-bond acceptors (Lipinski definition) is 3. The van der Waals surface area contributed by atoms with Gasteiger partial charge >= 0.3 is 0 Å². The van der Waals surface area contributed by atoms with Crippen LogP contribution in [-0.4, -0.2) is 35.4 Å². The number of halogens is 2. The zero-order valence-electron chi connectivity index (χ0n) is 17.5. The molecular formula is C23H28ClFN2O3. The summed E-state index contributed by atoms with van der Waals surface area (Å²) in [5.41, 5.74) is 0.724. The molecule has 7 heteroatoms. The average Bonchev–Trinajstić information content (AvgIpc) is 2.73. The summed E-state index contributed by atoms with van der Waals surface area (Å²) in [6.07, 6.45) is 1.22. The van der Waals surface area contributed by atoms with Gasteiger partial charge in [-0.15, -0.1) is 0 Å². The summed E-state index contributed by atoms with van der Waals surface area (Å²) in [6.45, 7) is 5.67. The Hall–Kier alpha value is -2.60. The molecule has 1 N–H and O–H groups in total. The van der Waals surface area contributed by atoms with E-state index in [9.17, 15) is 14.0 Å². The highest BCUT2D eigenvalue weighted by Gasteiger charge is 2.29. The topological polar surface area (TPSA) is 58.6 Å². The summed E-state index contributed by atoms with van der Waals surface area (Å²) < 4.78 is 18.9. The maximum atomic E-state index is 13.3. The monoisotopic (exact) mass is 434 g/mol. The summed E-state index contributed by atoms with van der Waals surface area (Å²) in [6, 6.07) is 12.0. The van der Waals surface area contributed by atoms with Crippen molar-refractivity contribution in [2.75, 3.05) is 6.61 Å². The largest absolute Gasteiger partial charge is 0.484 e. The van der Waals surface area contributed by atoms with Gasteiger partial charge in [0.05, 0.1) is 0 Å². The molecule has 0 saturated heterocycles. The predicted octanol–water partition coefficient (Wildman–Crippen LogP) is 4.58. The Balaban J connectivity index is 2.20. The van der Waals surface area contributed by atoms with E-state index in [1.165, 1.54) is 17.0 Å². The Labute approximate surface area is 182 Å². The van der Waals surface area contributed by atoms with Crippen LogP contribution in [0.1, 0.15) is 39.2 Å². The number of nitrogens with zero attached hydrogens (tertiary/aromatic N) is 1. The van der Waals surface area contributed by atoms with Crippen molar-refractivity contribution in [3.63, 3.8) is 0 Å². The van der Waals surface area contributed by atoms with E-state index >= 15 is 0 Å². The van der Waals surface area contributed by atoms with Gasteiger partial charge in [-0.05, 0) is 55.7 Å². The summed E-state index contributed by atoms with van der Waals surface area (Å²) in [5, 5.41) is 3.44. The van der Waals surface area contributed by atoms with Gasteiger partial charge in [-0.3, -0.25) is 9.59 Å². The van der Waals surface area contributed by atoms with Crippen molar-refractivity contribution in [3.8, 4) is 5.75 Å². The number of nitrogens with one attached hydrogen (secondary N) is 1. The third kappa shape index (κ3) is 7.02. The Kier molecular flexibility index (Phi) is 9.12. The molecule has 2 amide bonds. The molecule has 2 aromatic carbocycles. The molecule has 0 fully saturated rings. The maximum Gasteiger partial charge on any atom is 0.261 e. The highest BCUT2D eigenvalue weighted by Crippen LogP contribution is 2.18. The van der Waals surface area contributed by atoms with Crippen LogP contribution in [0.4, 0.5) is 4.39 Å². The van der Waals surface area contributed by atoms with Gasteiger partial charge in [0.1, 0.15) is 17.6 Å².